The number of hydrogen-bond donors (Lipinski definition) is 0. The Labute approximate surface area is 197 Å². The number of carbonyl (C=O) groups excluding carboxylic acids is 1. The van der Waals surface area contributed by atoms with Gasteiger partial charge in [0, 0.05) is 34.6 Å². The number of aromatic nitrogens is 4. The Morgan fingerprint density at radius 3 is 2.66 bits per heavy atom. The fraction of sp³-hybridized carbons (Fsp3) is 0.182. The van der Waals surface area contributed by atoms with Crippen LogP contribution < -0.4 is 0 Å². The lowest BCUT2D eigenvalue weighted by molar-refractivity contribution is 0.0638. The van der Waals surface area contributed by atoms with Gasteiger partial charge in [-0.25, -0.2) is 9.37 Å². The van der Waals surface area contributed by atoms with Crippen molar-refractivity contribution in [3.63, 3.8) is 0 Å². The average Bonchev–Trinajstić information content (AvgIpc) is 3.41. The molecule has 2 aromatic heterocycles. The van der Waals surface area contributed by atoms with Crippen LogP contribution in [-0.2, 0) is 6.54 Å². The van der Waals surface area contributed by atoms with E-state index in [0.717, 1.165) is 10.6 Å². The van der Waals surface area contributed by atoms with Gasteiger partial charge in [0.1, 0.15) is 16.5 Å². The average molecular weight is 488 g/mol. The first-order valence-corrected chi connectivity index (χ1v) is 11.5. The normalized spacial score (nSPS) is 15.6. The zero-order valence-corrected chi connectivity index (χ0v) is 19.1. The number of rotatable bonds is 3. The van der Waals surface area contributed by atoms with Gasteiger partial charge in [0.15, 0.2) is 11.6 Å². The van der Waals surface area contributed by atoms with E-state index in [-0.39, 0.29) is 17.8 Å². The molecule has 6 nitrogen and oxygen atoms in total. The summed E-state index contributed by atoms with van der Waals surface area (Å²) in [6.07, 6.45) is 0. The number of nitrogens with zero attached hydrogens (tertiary/aromatic N) is 5. The lowest BCUT2D eigenvalue weighted by atomic mass is 10.1. The van der Waals surface area contributed by atoms with Gasteiger partial charge in [-0.2, -0.15) is 0 Å². The first-order valence-electron chi connectivity index (χ1n) is 9.83. The molecule has 0 bridgehead atoms. The second kappa shape index (κ2) is 8.27. The van der Waals surface area contributed by atoms with Crippen LogP contribution in [0.4, 0.5) is 4.39 Å². The molecule has 1 unspecified atom stereocenters. The van der Waals surface area contributed by atoms with Crippen molar-refractivity contribution in [2.45, 2.75) is 19.5 Å². The third-order valence-electron chi connectivity index (χ3n) is 5.43. The molecule has 162 valence electrons. The first-order chi connectivity index (χ1) is 15.4. The Kier molecular flexibility index (Phi) is 5.44. The van der Waals surface area contributed by atoms with Crippen molar-refractivity contribution in [3.05, 3.63) is 75.1 Å². The molecule has 5 rings (SSSR count). The van der Waals surface area contributed by atoms with Crippen molar-refractivity contribution < 1.29 is 9.18 Å². The molecule has 1 atom stereocenters. The van der Waals surface area contributed by atoms with Gasteiger partial charge in [-0.05, 0) is 49.4 Å². The van der Waals surface area contributed by atoms with Crippen LogP contribution in [0, 0.1) is 5.82 Å². The monoisotopic (exact) mass is 487 g/mol. The first kappa shape index (κ1) is 21.1. The molecule has 10 heteroatoms. The van der Waals surface area contributed by atoms with E-state index < -0.39 is 0 Å². The summed E-state index contributed by atoms with van der Waals surface area (Å²) >= 11 is 13.8. The van der Waals surface area contributed by atoms with Crippen molar-refractivity contribution in [1.29, 1.82) is 0 Å². The maximum absolute atomic E-state index is 13.2. The maximum atomic E-state index is 13.2. The van der Waals surface area contributed by atoms with E-state index in [0.29, 0.717) is 46.0 Å². The molecule has 3 heterocycles. The summed E-state index contributed by atoms with van der Waals surface area (Å²) in [6, 6.07) is 10.6. The molecule has 0 spiro atoms. The molecular formula is C22H16Cl2FN5OS. The third-order valence-corrected chi connectivity index (χ3v) is 6.86. The van der Waals surface area contributed by atoms with Crippen molar-refractivity contribution in [3.8, 4) is 22.1 Å². The molecule has 0 radical (unpaired) electrons. The van der Waals surface area contributed by atoms with E-state index in [1.54, 1.807) is 17.0 Å². The van der Waals surface area contributed by atoms with Gasteiger partial charge >= 0.3 is 0 Å². The summed E-state index contributed by atoms with van der Waals surface area (Å²) in [6.45, 7) is 2.92. The van der Waals surface area contributed by atoms with E-state index in [4.69, 9.17) is 28.2 Å². The topological polar surface area (TPSA) is 63.9 Å². The number of fused-ring (bicyclic) bond motifs is 1. The summed E-state index contributed by atoms with van der Waals surface area (Å²) in [5, 5.41) is 12.5. The molecule has 0 N–H and O–H groups in total. The van der Waals surface area contributed by atoms with E-state index in [2.05, 4.69) is 10.2 Å². The van der Waals surface area contributed by atoms with Gasteiger partial charge in [0.25, 0.3) is 5.91 Å². The molecule has 2 aromatic carbocycles. The van der Waals surface area contributed by atoms with Crippen LogP contribution in [0.2, 0.25) is 10.0 Å². The molecule has 1 aliphatic rings. The Morgan fingerprint density at radius 1 is 1.12 bits per heavy atom. The molecule has 0 aliphatic carbocycles. The predicted molar refractivity (Wildman–Crippen MR) is 122 cm³/mol. The molecule has 0 saturated heterocycles. The van der Waals surface area contributed by atoms with Gasteiger partial charge < -0.3 is 9.47 Å². The van der Waals surface area contributed by atoms with E-state index >= 15 is 0 Å². The van der Waals surface area contributed by atoms with Crippen LogP contribution >= 0.6 is 34.5 Å². The highest BCUT2D eigenvalue weighted by atomic mass is 35.5. The van der Waals surface area contributed by atoms with Crippen LogP contribution in [0.25, 0.3) is 22.1 Å². The minimum atomic E-state index is -0.375. The largest absolute Gasteiger partial charge is 0.327 e. The van der Waals surface area contributed by atoms with Crippen LogP contribution in [0.5, 0.6) is 0 Å². The van der Waals surface area contributed by atoms with Crippen molar-refractivity contribution >= 4 is 40.4 Å². The summed E-state index contributed by atoms with van der Waals surface area (Å²) in [7, 11) is 0. The van der Waals surface area contributed by atoms with E-state index in [1.165, 1.54) is 35.6 Å². The number of amides is 1. The minimum Gasteiger partial charge on any atom is -0.327 e. The smallest absolute Gasteiger partial charge is 0.254 e. The highest BCUT2D eigenvalue weighted by molar-refractivity contribution is 7.13. The van der Waals surface area contributed by atoms with Crippen LogP contribution in [-0.4, -0.2) is 37.1 Å². The van der Waals surface area contributed by atoms with Crippen LogP contribution in [0.3, 0.4) is 0 Å². The lowest BCUT2D eigenvalue weighted by Crippen LogP contribution is -2.41. The van der Waals surface area contributed by atoms with Crippen LogP contribution in [0.1, 0.15) is 29.1 Å². The van der Waals surface area contributed by atoms with Crippen molar-refractivity contribution in [2.24, 2.45) is 0 Å². The van der Waals surface area contributed by atoms with Gasteiger partial charge in [-0.15, -0.1) is 21.5 Å². The molecule has 4 aromatic rings. The molecule has 0 saturated carbocycles. The quantitative estimate of drug-likeness (QED) is 0.370. The highest BCUT2D eigenvalue weighted by Gasteiger charge is 2.32. The Morgan fingerprint density at radius 2 is 1.91 bits per heavy atom. The van der Waals surface area contributed by atoms with E-state index in [9.17, 15) is 9.18 Å². The van der Waals surface area contributed by atoms with Gasteiger partial charge in [0.05, 0.1) is 11.1 Å². The summed E-state index contributed by atoms with van der Waals surface area (Å²) < 4.78 is 15.2. The SMILES string of the molecule is CC1c2nnc(-c3csc(-c4ccc(Cl)cc4Cl)n3)n2CCN1C(=O)c1ccc(F)cc1. The number of thiazole rings is 1. The summed E-state index contributed by atoms with van der Waals surface area (Å²) in [4.78, 5) is 19.4. The van der Waals surface area contributed by atoms with Gasteiger partial charge in [-0.3, -0.25) is 4.79 Å². The number of benzene rings is 2. The lowest BCUT2D eigenvalue weighted by Gasteiger charge is -2.33. The third kappa shape index (κ3) is 3.68. The second-order valence-electron chi connectivity index (χ2n) is 7.38. The standard InChI is InChI=1S/C22H16Cl2FN5OS/c1-12-19-27-28-20(18-11-32-21(26-18)16-7-4-14(23)10-17(16)24)30(19)9-8-29(12)22(31)13-2-5-15(25)6-3-13/h2-7,10-12H,8-9H2,1H3. The summed E-state index contributed by atoms with van der Waals surface area (Å²) in [5.74, 6) is 0.788. The molecule has 0 fully saturated rings. The number of halogens is 3. The predicted octanol–water partition coefficient (Wildman–Crippen LogP) is 5.73. The molecule has 1 aliphatic heterocycles. The molecule has 32 heavy (non-hydrogen) atoms. The van der Waals surface area contributed by atoms with Crippen molar-refractivity contribution in [2.75, 3.05) is 6.54 Å². The highest BCUT2D eigenvalue weighted by Crippen LogP contribution is 2.35. The number of carbonyl (C=O) groups is 1. The minimum absolute atomic E-state index is 0.165. The molecule has 1 amide bonds. The summed E-state index contributed by atoms with van der Waals surface area (Å²) in [5.41, 5.74) is 1.94. The van der Waals surface area contributed by atoms with Crippen molar-refractivity contribution in [1.82, 2.24) is 24.6 Å². The Bertz CT molecular complexity index is 1320. The fourth-order valence-corrected chi connectivity index (χ4v) is 5.17. The fourth-order valence-electron chi connectivity index (χ4n) is 3.77. The number of hydrogen-bond acceptors (Lipinski definition) is 5. The zero-order chi connectivity index (χ0) is 22.4. The zero-order valence-electron chi connectivity index (χ0n) is 16.8. The Hall–Kier alpha value is -2.81. The maximum Gasteiger partial charge on any atom is 0.254 e. The molecular weight excluding hydrogens is 472 g/mol. The van der Waals surface area contributed by atoms with Crippen LogP contribution in [0.15, 0.2) is 47.8 Å². The Balaban J connectivity index is 1.42. The van der Waals surface area contributed by atoms with Gasteiger partial charge in [-0.1, -0.05) is 23.2 Å². The van der Waals surface area contributed by atoms with E-state index in [1.807, 2.05) is 22.9 Å². The van der Waals surface area contributed by atoms with Gasteiger partial charge in [0.2, 0.25) is 0 Å². The second-order valence-corrected chi connectivity index (χ2v) is 9.08.